The number of carbonyl (C=O) groups is 1. The van der Waals surface area contributed by atoms with Crippen molar-refractivity contribution in [2.75, 3.05) is 5.73 Å². The number of nitrogens with two attached hydrogens (primary N) is 1. The predicted molar refractivity (Wildman–Crippen MR) is 76.7 cm³/mol. The zero-order chi connectivity index (χ0) is 14.9. The summed E-state index contributed by atoms with van der Waals surface area (Å²) in [5.74, 6) is -1.05. The Labute approximate surface area is 123 Å². The summed E-state index contributed by atoms with van der Waals surface area (Å²) in [5, 5.41) is 9.06. The number of benzene rings is 2. The first-order chi connectivity index (χ1) is 9.38. The van der Waals surface area contributed by atoms with Crippen molar-refractivity contribution in [3.05, 3.63) is 51.7 Å². The van der Waals surface area contributed by atoms with Crippen LogP contribution in [-0.4, -0.2) is 11.1 Å². The minimum Gasteiger partial charge on any atom is -0.478 e. The van der Waals surface area contributed by atoms with E-state index >= 15 is 0 Å². The normalized spacial score (nSPS) is 10.3. The lowest BCUT2D eigenvalue weighted by Crippen LogP contribution is -2.04. The number of rotatable bonds is 3. The maximum absolute atomic E-state index is 13.4. The predicted octanol–water partition coefficient (Wildman–Crippen LogP) is 3.97. The van der Waals surface area contributed by atoms with Crippen LogP contribution in [0.1, 0.15) is 15.9 Å². The largest absolute Gasteiger partial charge is 0.478 e. The fraction of sp³-hybridized carbons (Fsp3) is 0.0714. The highest BCUT2D eigenvalue weighted by Crippen LogP contribution is 2.29. The Morgan fingerprint density at radius 2 is 2.00 bits per heavy atom. The lowest BCUT2D eigenvalue weighted by atomic mass is 10.1. The van der Waals surface area contributed by atoms with Gasteiger partial charge in [0.2, 0.25) is 0 Å². The van der Waals surface area contributed by atoms with Crippen LogP contribution in [0, 0.1) is 12.7 Å². The quantitative estimate of drug-likeness (QED) is 0.830. The molecule has 0 bridgehead atoms. The smallest absolute Gasteiger partial charge is 0.337 e. The molecule has 0 fully saturated rings. The Balaban J connectivity index is 2.38. The van der Waals surface area contributed by atoms with Gasteiger partial charge in [-0.25, -0.2) is 9.18 Å². The lowest BCUT2D eigenvalue weighted by molar-refractivity contribution is 0.0697. The monoisotopic (exact) mass is 339 g/mol. The van der Waals surface area contributed by atoms with E-state index in [-0.39, 0.29) is 22.7 Å². The Bertz CT molecular complexity index is 688. The van der Waals surface area contributed by atoms with E-state index in [0.717, 1.165) is 0 Å². The average Bonchev–Trinajstić information content (AvgIpc) is 2.37. The third kappa shape index (κ3) is 2.91. The zero-order valence-electron chi connectivity index (χ0n) is 10.5. The van der Waals surface area contributed by atoms with Gasteiger partial charge in [-0.1, -0.05) is 0 Å². The summed E-state index contributed by atoms with van der Waals surface area (Å²) in [6, 6.07) is 7.19. The number of nitrogen functional groups attached to an aromatic ring is 1. The summed E-state index contributed by atoms with van der Waals surface area (Å²) in [6.07, 6.45) is 0. The Hall–Kier alpha value is -2.08. The summed E-state index contributed by atoms with van der Waals surface area (Å²) in [6.45, 7) is 1.68. The number of hydrogen-bond donors (Lipinski definition) is 2. The summed E-state index contributed by atoms with van der Waals surface area (Å²) >= 11 is 3.04. The molecule has 6 heteroatoms. The molecule has 4 nitrogen and oxygen atoms in total. The molecule has 0 saturated heterocycles. The van der Waals surface area contributed by atoms with Crippen LogP contribution in [0.2, 0.25) is 0 Å². The molecular weight excluding hydrogens is 329 g/mol. The van der Waals surface area contributed by atoms with E-state index in [9.17, 15) is 9.18 Å². The molecule has 0 radical (unpaired) electrons. The summed E-state index contributed by atoms with van der Waals surface area (Å²) in [4.78, 5) is 11.1. The molecule has 20 heavy (non-hydrogen) atoms. The van der Waals surface area contributed by atoms with E-state index < -0.39 is 11.8 Å². The molecule has 0 aliphatic carbocycles. The van der Waals surface area contributed by atoms with Gasteiger partial charge in [0.25, 0.3) is 0 Å². The van der Waals surface area contributed by atoms with Crippen LogP contribution in [-0.2, 0) is 0 Å². The van der Waals surface area contributed by atoms with Gasteiger partial charge < -0.3 is 15.6 Å². The Kier molecular flexibility index (Phi) is 3.94. The van der Waals surface area contributed by atoms with E-state index in [2.05, 4.69) is 15.9 Å². The van der Waals surface area contributed by atoms with Gasteiger partial charge in [-0.3, -0.25) is 0 Å². The van der Waals surface area contributed by atoms with E-state index in [4.69, 9.17) is 15.6 Å². The van der Waals surface area contributed by atoms with Crippen LogP contribution in [0.25, 0.3) is 0 Å². The molecule has 0 unspecified atom stereocenters. The van der Waals surface area contributed by atoms with E-state index in [1.54, 1.807) is 19.1 Å². The topological polar surface area (TPSA) is 72.5 Å². The molecule has 2 rings (SSSR count). The van der Waals surface area contributed by atoms with Gasteiger partial charge in [-0.05, 0) is 52.7 Å². The van der Waals surface area contributed by atoms with Crippen LogP contribution < -0.4 is 10.5 Å². The highest BCUT2D eigenvalue weighted by atomic mass is 79.9. The van der Waals surface area contributed by atoms with Crippen LogP contribution >= 0.6 is 15.9 Å². The first-order valence-corrected chi connectivity index (χ1v) is 6.44. The van der Waals surface area contributed by atoms with Gasteiger partial charge in [0.15, 0.2) is 0 Å². The van der Waals surface area contributed by atoms with Gasteiger partial charge in [0.05, 0.1) is 10.0 Å². The summed E-state index contributed by atoms with van der Waals surface area (Å²) in [5.41, 5.74) is 6.41. The lowest BCUT2D eigenvalue weighted by Gasteiger charge is -2.11. The number of halogens is 2. The minimum atomic E-state index is -1.14. The first kappa shape index (κ1) is 14.3. The van der Waals surface area contributed by atoms with Crippen molar-refractivity contribution < 1.29 is 19.0 Å². The van der Waals surface area contributed by atoms with Gasteiger partial charge >= 0.3 is 5.97 Å². The number of carboxylic acids is 1. The number of carboxylic acid groups (broad SMARTS) is 1. The van der Waals surface area contributed by atoms with Crippen molar-refractivity contribution in [2.24, 2.45) is 0 Å². The highest BCUT2D eigenvalue weighted by molar-refractivity contribution is 9.10. The standard InChI is InChI=1S/C14H11BrFNO3/c1-7-4-9(5-10(13(7)17)14(18)19)20-8-2-3-11(15)12(16)6-8/h2-6H,17H2,1H3,(H,18,19). The van der Waals surface area contributed by atoms with Crippen molar-refractivity contribution in [1.82, 2.24) is 0 Å². The van der Waals surface area contributed by atoms with Gasteiger partial charge in [0.1, 0.15) is 17.3 Å². The SMILES string of the molecule is Cc1cc(Oc2ccc(Br)c(F)c2)cc(C(=O)O)c1N. The Morgan fingerprint density at radius 1 is 1.30 bits per heavy atom. The van der Waals surface area contributed by atoms with E-state index in [1.165, 1.54) is 18.2 Å². The van der Waals surface area contributed by atoms with Crippen LogP contribution in [0.4, 0.5) is 10.1 Å². The van der Waals surface area contributed by atoms with E-state index in [1.807, 2.05) is 0 Å². The minimum absolute atomic E-state index is 0.0439. The van der Waals surface area contributed by atoms with Crippen molar-refractivity contribution in [2.45, 2.75) is 6.92 Å². The molecule has 0 aliphatic heterocycles. The Morgan fingerprint density at radius 3 is 2.60 bits per heavy atom. The van der Waals surface area contributed by atoms with Crippen LogP contribution in [0.5, 0.6) is 11.5 Å². The molecule has 0 saturated carbocycles. The molecule has 0 amide bonds. The maximum atomic E-state index is 13.4. The van der Waals surface area contributed by atoms with Crippen molar-refractivity contribution in [1.29, 1.82) is 0 Å². The van der Waals surface area contributed by atoms with Crippen LogP contribution in [0.3, 0.4) is 0 Å². The van der Waals surface area contributed by atoms with Gasteiger partial charge in [-0.15, -0.1) is 0 Å². The molecule has 0 atom stereocenters. The third-order valence-corrected chi connectivity index (χ3v) is 3.36. The molecule has 3 N–H and O–H groups in total. The molecule has 104 valence electrons. The summed E-state index contributed by atoms with van der Waals surface area (Å²) in [7, 11) is 0. The molecule has 2 aromatic rings. The van der Waals surface area contributed by atoms with Crippen molar-refractivity contribution in [3.8, 4) is 11.5 Å². The van der Waals surface area contributed by atoms with E-state index in [0.29, 0.717) is 10.0 Å². The average molecular weight is 340 g/mol. The van der Waals surface area contributed by atoms with Gasteiger partial charge in [0, 0.05) is 11.8 Å². The molecule has 0 spiro atoms. The fourth-order valence-corrected chi connectivity index (χ4v) is 1.92. The highest BCUT2D eigenvalue weighted by Gasteiger charge is 2.13. The third-order valence-electron chi connectivity index (χ3n) is 2.72. The first-order valence-electron chi connectivity index (χ1n) is 5.65. The zero-order valence-corrected chi connectivity index (χ0v) is 12.1. The van der Waals surface area contributed by atoms with Crippen molar-refractivity contribution in [3.63, 3.8) is 0 Å². The second-order valence-corrected chi connectivity index (χ2v) is 5.04. The number of hydrogen-bond acceptors (Lipinski definition) is 3. The maximum Gasteiger partial charge on any atom is 0.337 e. The fourth-order valence-electron chi connectivity index (χ4n) is 1.68. The number of aromatic carboxylic acids is 1. The molecule has 0 heterocycles. The van der Waals surface area contributed by atoms with Crippen LogP contribution in [0.15, 0.2) is 34.8 Å². The van der Waals surface area contributed by atoms with Gasteiger partial charge in [-0.2, -0.15) is 0 Å². The molecule has 0 aliphatic rings. The second kappa shape index (κ2) is 5.50. The summed E-state index contributed by atoms with van der Waals surface area (Å²) < 4.78 is 19.2. The van der Waals surface area contributed by atoms with Crippen molar-refractivity contribution >= 4 is 27.6 Å². The molecule has 0 aromatic heterocycles. The molecular formula is C14H11BrFNO3. The number of aryl methyl sites for hydroxylation is 1. The second-order valence-electron chi connectivity index (χ2n) is 4.18. The number of anilines is 1. The number of ether oxygens (including phenoxy) is 1. The molecule has 2 aromatic carbocycles.